The van der Waals surface area contributed by atoms with Gasteiger partial charge in [0.1, 0.15) is 11.6 Å². The van der Waals surface area contributed by atoms with Crippen molar-refractivity contribution in [3.63, 3.8) is 0 Å². The standard InChI is InChI=1S/C22H28N6O/c1-15(2)20-23-16(3)14-19(24-20)28-12-10-27(11-13-28)17(4)21-25-26-22(29-21)18-8-6-5-7-9-18/h5-9,14-15,17H,10-13H2,1-4H3. The van der Waals surface area contributed by atoms with Crippen molar-refractivity contribution in [2.24, 2.45) is 0 Å². The zero-order valence-electron chi connectivity index (χ0n) is 17.5. The molecule has 1 aliphatic rings. The van der Waals surface area contributed by atoms with Crippen LogP contribution in [0, 0.1) is 6.92 Å². The first kappa shape index (κ1) is 19.5. The van der Waals surface area contributed by atoms with E-state index in [0.29, 0.717) is 17.7 Å². The quantitative estimate of drug-likeness (QED) is 0.653. The normalized spacial score (nSPS) is 16.4. The Labute approximate surface area is 171 Å². The highest BCUT2D eigenvalue weighted by Gasteiger charge is 2.26. The fourth-order valence-corrected chi connectivity index (χ4v) is 3.59. The molecule has 7 heteroatoms. The molecule has 29 heavy (non-hydrogen) atoms. The summed E-state index contributed by atoms with van der Waals surface area (Å²) in [7, 11) is 0. The van der Waals surface area contributed by atoms with Crippen molar-refractivity contribution in [3.8, 4) is 11.5 Å². The van der Waals surface area contributed by atoms with Crippen molar-refractivity contribution in [1.82, 2.24) is 25.1 Å². The summed E-state index contributed by atoms with van der Waals surface area (Å²) >= 11 is 0. The van der Waals surface area contributed by atoms with Crippen molar-refractivity contribution < 1.29 is 4.42 Å². The molecule has 1 aliphatic heterocycles. The lowest BCUT2D eigenvalue weighted by molar-refractivity contribution is 0.173. The van der Waals surface area contributed by atoms with Gasteiger partial charge in [-0.15, -0.1) is 10.2 Å². The maximum atomic E-state index is 5.96. The van der Waals surface area contributed by atoms with Crippen LogP contribution in [-0.2, 0) is 0 Å². The van der Waals surface area contributed by atoms with Crippen molar-refractivity contribution >= 4 is 5.82 Å². The summed E-state index contributed by atoms with van der Waals surface area (Å²) in [6.07, 6.45) is 0. The van der Waals surface area contributed by atoms with E-state index in [4.69, 9.17) is 9.40 Å². The van der Waals surface area contributed by atoms with E-state index in [1.165, 1.54) is 0 Å². The number of piperazine rings is 1. The Balaban J connectivity index is 1.42. The van der Waals surface area contributed by atoms with E-state index in [1.54, 1.807) is 0 Å². The molecule has 0 aliphatic carbocycles. The number of rotatable bonds is 5. The van der Waals surface area contributed by atoms with Gasteiger partial charge in [-0.3, -0.25) is 4.90 Å². The van der Waals surface area contributed by atoms with Crippen LogP contribution >= 0.6 is 0 Å². The summed E-state index contributed by atoms with van der Waals surface area (Å²) in [5.74, 6) is 3.50. The van der Waals surface area contributed by atoms with Crippen LogP contribution in [0.25, 0.3) is 11.5 Å². The Morgan fingerprint density at radius 1 is 0.931 bits per heavy atom. The van der Waals surface area contributed by atoms with E-state index in [-0.39, 0.29) is 6.04 Å². The van der Waals surface area contributed by atoms with Crippen molar-refractivity contribution in [3.05, 3.63) is 53.8 Å². The number of nitrogens with zero attached hydrogens (tertiary/aromatic N) is 6. The predicted molar refractivity (Wildman–Crippen MR) is 113 cm³/mol. The summed E-state index contributed by atoms with van der Waals surface area (Å²) in [5, 5.41) is 8.52. The van der Waals surface area contributed by atoms with Gasteiger partial charge in [0, 0.05) is 49.4 Å². The van der Waals surface area contributed by atoms with E-state index in [0.717, 1.165) is 49.1 Å². The molecule has 1 aromatic carbocycles. The van der Waals surface area contributed by atoms with Crippen LogP contribution in [0.4, 0.5) is 5.82 Å². The largest absolute Gasteiger partial charge is 0.419 e. The third-order valence-electron chi connectivity index (χ3n) is 5.38. The van der Waals surface area contributed by atoms with Crippen LogP contribution < -0.4 is 4.90 Å². The second kappa shape index (κ2) is 8.29. The Morgan fingerprint density at radius 2 is 1.66 bits per heavy atom. The highest BCUT2D eigenvalue weighted by molar-refractivity contribution is 5.51. The van der Waals surface area contributed by atoms with Crippen LogP contribution in [-0.4, -0.2) is 51.2 Å². The van der Waals surface area contributed by atoms with Gasteiger partial charge in [-0.2, -0.15) is 0 Å². The van der Waals surface area contributed by atoms with Gasteiger partial charge in [-0.05, 0) is 26.0 Å². The third-order valence-corrected chi connectivity index (χ3v) is 5.38. The lowest BCUT2D eigenvalue weighted by atomic mass is 10.2. The Bertz CT molecular complexity index is 947. The average Bonchev–Trinajstić information content (AvgIpc) is 3.24. The maximum Gasteiger partial charge on any atom is 0.247 e. The molecular weight excluding hydrogens is 364 g/mol. The summed E-state index contributed by atoms with van der Waals surface area (Å²) in [5.41, 5.74) is 1.97. The average molecular weight is 393 g/mol. The molecule has 0 N–H and O–H groups in total. The lowest BCUT2D eigenvalue weighted by Crippen LogP contribution is -2.47. The molecule has 3 aromatic rings. The molecule has 1 unspecified atom stereocenters. The first-order chi connectivity index (χ1) is 14.0. The zero-order valence-corrected chi connectivity index (χ0v) is 17.5. The minimum Gasteiger partial charge on any atom is -0.419 e. The monoisotopic (exact) mass is 392 g/mol. The van der Waals surface area contributed by atoms with Crippen molar-refractivity contribution in [2.75, 3.05) is 31.1 Å². The molecular formula is C22H28N6O. The molecule has 3 heterocycles. The molecule has 0 spiro atoms. The third kappa shape index (κ3) is 4.29. The van der Waals surface area contributed by atoms with Gasteiger partial charge in [-0.25, -0.2) is 9.97 Å². The summed E-state index contributed by atoms with van der Waals surface area (Å²) in [4.78, 5) is 14.1. The minimum absolute atomic E-state index is 0.0838. The van der Waals surface area contributed by atoms with Gasteiger partial charge < -0.3 is 9.32 Å². The van der Waals surface area contributed by atoms with Crippen molar-refractivity contribution in [2.45, 2.75) is 39.7 Å². The Hall–Kier alpha value is -2.80. The number of hydrogen-bond acceptors (Lipinski definition) is 7. The summed E-state index contributed by atoms with van der Waals surface area (Å²) in [6.45, 7) is 12.1. The topological polar surface area (TPSA) is 71.2 Å². The molecule has 0 saturated carbocycles. The van der Waals surface area contributed by atoms with Crippen molar-refractivity contribution in [1.29, 1.82) is 0 Å². The number of aromatic nitrogens is 4. The van der Waals surface area contributed by atoms with Crippen LogP contribution in [0.2, 0.25) is 0 Å². The first-order valence-electron chi connectivity index (χ1n) is 10.2. The second-order valence-electron chi connectivity index (χ2n) is 7.89. The van der Waals surface area contributed by atoms with Gasteiger partial charge in [0.25, 0.3) is 0 Å². The highest BCUT2D eigenvalue weighted by atomic mass is 16.4. The SMILES string of the molecule is Cc1cc(N2CCN(C(C)c3nnc(-c4ccccc4)o3)CC2)nc(C(C)C)n1. The Kier molecular flexibility index (Phi) is 5.58. The molecule has 4 rings (SSSR count). The van der Waals surface area contributed by atoms with Crippen LogP contribution in [0.1, 0.15) is 50.1 Å². The zero-order chi connectivity index (χ0) is 20.4. The molecule has 0 radical (unpaired) electrons. The van der Waals surface area contributed by atoms with Gasteiger partial charge in [-0.1, -0.05) is 32.0 Å². The lowest BCUT2D eigenvalue weighted by Gasteiger charge is -2.37. The Morgan fingerprint density at radius 3 is 2.34 bits per heavy atom. The molecule has 1 fully saturated rings. The van der Waals surface area contributed by atoms with E-state index in [1.807, 2.05) is 37.3 Å². The van der Waals surface area contributed by atoms with E-state index >= 15 is 0 Å². The number of benzene rings is 1. The first-order valence-corrected chi connectivity index (χ1v) is 10.2. The summed E-state index contributed by atoms with van der Waals surface area (Å²) < 4.78 is 5.96. The molecule has 1 saturated heterocycles. The molecule has 0 amide bonds. The minimum atomic E-state index is 0.0838. The van der Waals surface area contributed by atoms with Gasteiger partial charge >= 0.3 is 0 Å². The highest BCUT2D eigenvalue weighted by Crippen LogP contribution is 2.26. The fraction of sp³-hybridized carbons (Fsp3) is 0.455. The number of aryl methyl sites for hydroxylation is 1. The second-order valence-corrected chi connectivity index (χ2v) is 7.89. The maximum absolute atomic E-state index is 5.96. The predicted octanol–water partition coefficient (Wildman–Crippen LogP) is 3.84. The molecule has 0 bridgehead atoms. The fourth-order valence-electron chi connectivity index (χ4n) is 3.59. The van der Waals surface area contributed by atoms with Gasteiger partial charge in [0.2, 0.25) is 11.8 Å². The van der Waals surface area contributed by atoms with E-state index < -0.39 is 0 Å². The van der Waals surface area contributed by atoms with Gasteiger partial charge in [0.15, 0.2) is 0 Å². The molecule has 1 atom stereocenters. The molecule has 7 nitrogen and oxygen atoms in total. The molecule has 152 valence electrons. The van der Waals surface area contributed by atoms with E-state index in [2.05, 4.69) is 51.8 Å². The van der Waals surface area contributed by atoms with E-state index in [9.17, 15) is 0 Å². The smallest absolute Gasteiger partial charge is 0.247 e. The van der Waals surface area contributed by atoms with Crippen LogP contribution in [0.5, 0.6) is 0 Å². The summed E-state index contributed by atoms with van der Waals surface area (Å²) in [6, 6.07) is 12.1. The molecule has 2 aromatic heterocycles. The number of hydrogen-bond donors (Lipinski definition) is 0. The van der Waals surface area contributed by atoms with Gasteiger partial charge in [0.05, 0.1) is 6.04 Å². The van der Waals surface area contributed by atoms with Crippen LogP contribution in [0.3, 0.4) is 0 Å². The number of anilines is 1. The van der Waals surface area contributed by atoms with Crippen LogP contribution in [0.15, 0.2) is 40.8 Å².